The van der Waals surface area contributed by atoms with Crippen LogP contribution in [-0.2, 0) is 6.61 Å². The van der Waals surface area contributed by atoms with Crippen LogP contribution in [0.2, 0.25) is 0 Å². The van der Waals surface area contributed by atoms with E-state index in [9.17, 15) is 0 Å². The Bertz CT molecular complexity index is 605. The highest BCUT2D eigenvalue weighted by Gasteiger charge is 2.11. The van der Waals surface area contributed by atoms with Crippen LogP contribution in [0.4, 0.5) is 0 Å². The molecule has 1 atom stereocenters. The molecule has 0 amide bonds. The Hall–Kier alpha value is -1.59. The smallest absolute Gasteiger partial charge is 0.213 e. The molecule has 2 aromatic rings. The van der Waals surface area contributed by atoms with Gasteiger partial charge in [0, 0.05) is 22.1 Å². The number of pyridine rings is 1. The van der Waals surface area contributed by atoms with Gasteiger partial charge in [-0.2, -0.15) is 0 Å². The minimum atomic E-state index is 0.214. The summed E-state index contributed by atoms with van der Waals surface area (Å²) in [5.41, 5.74) is 1.95. The van der Waals surface area contributed by atoms with Crippen LogP contribution in [-0.4, -0.2) is 19.1 Å². The van der Waals surface area contributed by atoms with Gasteiger partial charge in [0.1, 0.15) is 12.4 Å². The Morgan fingerprint density at radius 1 is 1.29 bits per heavy atom. The van der Waals surface area contributed by atoms with Crippen molar-refractivity contribution < 1.29 is 9.47 Å². The summed E-state index contributed by atoms with van der Waals surface area (Å²) in [5, 5.41) is 3.23. The van der Waals surface area contributed by atoms with Gasteiger partial charge in [-0.1, -0.05) is 28.1 Å². The Kier molecular flexibility index (Phi) is 5.59. The van der Waals surface area contributed by atoms with Gasteiger partial charge < -0.3 is 14.8 Å². The fourth-order valence-corrected chi connectivity index (χ4v) is 2.29. The van der Waals surface area contributed by atoms with Gasteiger partial charge in [-0.25, -0.2) is 4.98 Å². The van der Waals surface area contributed by atoms with E-state index in [0.717, 1.165) is 21.5 Å². The molecular formula is C16H19BrN2O2. The highest BCUT2D eigenvalue weighted by molar-refractivity contribution is 9.10. The first kappa shape index (κ1) is 15.8. The van der Waals surface area contributed by atoms with Crippen molar-refractivity contribution in [2.75, 3.05) is 14.2 Å². The summed E-state index contributed by atoms with van der Waals surface area (Å²) in [7, 11) is 3.54. The Morgan fingerprint density at radius 3 is 2.81 bits per heavy atom. The number of aromatic nitrogens is 1. The minimum absolute atomic E-state index is 0.214. The molecule has 0 radical (unpaired) electrons. The van der Waals surface area contributed by atoms with E-state index in [2.05, 4.69) is 39.2 Å². The van der Waals surface area contributed by atoms with E-state index in [-0.39, 0.29) is 6.04 Å². The molecule has 2 rings (SSSR count). The molecule has 0 aliphatic heterocycles. The van der Waals surface area contributed by atoms with Gasteiger partial charge in [-0.3, -0.25) is 0 Å². The number of rotatable bonds is 6. The molecule has 0 saturated heterocycles. The van der Waals surface area contributed by atoms with E-state index >= 15 is 0 Å². The van der Waals surface area contributed by atoms with Crippen molar-refractivity contribution in [2.45, 2.75) is 19.6 Å². The number of nitrogens with one attached hydrogen (secondary N) is 1. The van der Waals surface area contributed by atoms with Gasteiger partial charge >= 0.3 is 0 Å². The van der Waals surface area contributed by atoms with Crippen LogP contribution in [0.15, 0.2) is 40.9 Å². The first-order valence-electron chi connectivity index (χ1n) is 6.73. The van der Waals surface area contributed by atoms with Crippen molar-refractivity contribution in [3.05, 3.63) is 52.1 Å². The second kappa shape index (κ2) is 7.43. The predicted molar refractivity (Wildman–Crippen MR) is 86.7 cm³/mol. The van der Waals surface area contributed by atoms with Gasteiger partial charge in [-0.15, -0.1) is 0 Å². The van der Waals surface area contributed by atoms with Gasteiger partial charge in [0.05, 0.1) is 12.8 Å². The Labute approximate surface area is 133 Å². The summed E-state index contributed by atoms with van der Waals surface area (Å²) in [5.74, 6) is 1.44. The van der Waals surface area contributed by atoms with E-state index < -0.39 is 0 Å². The lowest BCUT2D eigenvalue weighted by Gasteiger charge is -2.17. The van der Waals surface area contributed by atoms with Gasteiger partial charge in [0.2, 0.25) is 5.88 Å². The maximum atomic E-state index is 5.94. The van der Waals surface area contributed by atoms with Crippen molar-refractivity contribution in [2.24, 2.45) is 0 Å². The summed E-state index contributed by atoms with van der Waals surface area (Å²) >= 11 is 3.48. The zero-order valence-corrected chi connectivity index (χ0v) is 14.0. The molecule has 112 valence electrons. The molecule has 0 bridgehead atoms. The average molecular weight is 351 g/mol. The average Bonchev–Trinajstić information content (AvgIpc) is 2.52. The maximum Gasteiger partial charge on any atom is 0.213 e. The fourth-order valence-electron chi connectivity index (χ4n) is 1.95. The van der Waals surface area contributed by atoms with Crippen molar-refractivity contribution >= 4 is 15.9 Å². The summed E-state index contributed by atoms with van der Waals surface area (Å²) < 4.78 is 12.0. The number of ether oxygens (including phenoxy) is 2. The van der Waals surface area contributed by atoms with Crippen molar-refractivity contribution in [3.63, 3.8) is 0 Å². The molecule has 21 heavy (non-hydrogen) atoms. The largest absolute Gasteiger partial charge is 0.487 e. The Morgan fingerprint density at radius 2 is 2.10 bits per heavy atom. The number of halogens is 1. The van der Waals surface area contributed by atoms with Gasteiger partial charge in [0.15, 0.2) is 0 Å². The monoisotopic (exact) mass is 350 g/mol. The lowest BCUT2D eigenvalue weighted by Crippen LogP contribution is -2.14. The lowest BCUT2D eigenvalue weighted by atomic mass is 10.1. The second-order valence-electron chi connectivity index (χ2n) is 4.65. The molecule has 1 unspecified atom stereocenters. The summed E-state index contributed by atoms with van der Waals surface area (Å²) in [6, 6.07) is 11.9. The molecule has 4 nitrogen and oxygen atoms in total. The predicted octanol–water partition coefficient (Wildman–Crippen LogP) is 3.71. The van der Waals surface area contributed by atoms with E-state index in [0.29, 0.717) is 12.5 Å². The van der Waals surface area contributed by atoms with Crippen LogP contribution in [0.5, 0.6) is 11.6 Å². The van der Waals surface area contributed by atoms with Crippen LogP contribution in [0, 0.1) is 0 Å². The molecular weight excluding hydrogens is 332 g/mol. The van der Waals surface area contributed by atoms with Crippen LogP contribution in [0.3, 0.4) is 0 Å². The second-order valence-corrected chi connectivity index (χ2v) is 5.57. The third kappa shape index (κ3) is 4.19. The molecule has 5 heteroatoms. The number of benzene rings is 1. The molecule has 0 aliphatic rings. The Balaban J connectivity index is 2.16. The molecule has 1 aromatic heterocycles. The third-order valence-corrected chi connectivity index (χ3v) is 3.73. The van der Waals surface area contributed by atoms with E-state index in [4.69, 9.17) is 9.47 Å². The van der Waals surface area contributed by atoms with Crippen LogP contribution in [0.25, 0.3) is 0 Å². The van der Waals surface area contributed by atoms with Crippen molar-refractivity contribution in [1.29, 1.82) is 0 Å². The third-order valence-electron chi connectivity index (χ3n) is 3.24. The van der Waals surface area contributed by atoms with Crippen LogP contribution >= 0.6 is 15.9 Å². The zero-order chi connectivity index (χ0) is 15.2. The summed E-state index contributed by atoms with van der Waals surface area (Å²) in [6.07, 6.45) is 0. The molecule has 0 fully saturated rings. The molecule has 0 aliphatic carbocycles. The summed E-state index contributed by atoms with van der Waals surface area (Å²) in [4.78, 5) is 4.35. The normalized spacial score (nSPS) is 12.0. The maximum absolute atomic E-state index is 5.94. The van der Waals surface area contributed by atoms with Crippen LogP contribution in [0.1, 0.15) is 24.2 Å². The highest BCUT2D eigenvalue weighted by Crippen LogP contribution is 2.29. The molecule has 0 saturated carbocycles. The van der Waals surface area contributed by atoms with Crippen molar-refractivity contribution in [3.8, 4) is 11.6 Å². The SMILES string of the molecule is CNC(C)c1ccc(Br)cc1OCc1cccc(OC)n1. The quantitative estimate of drug-likeness (QED) is 0.862. The van der Waals surface area contributed by atoms with Gasteiger partial charge in [0.25, 0.3) is 0 Å². The zero-order valence-electron chi connectivity index (χ0n) is 12.4. The number of hydrogen-bond acceptors (Lipinski definition) is 4. The van der Waals surface area contributed by atoms with Crippen LogP contribution < -0.4 is 14.8 Å². The number of methoxy groups -OCH3 is 1. The lowest BCUT2D eigenvalue weighted by molar-refractivity contribution is 0.292. The highest BCUT2D eigenvalue weighted by atomic mass is 79.9. The fraction of sp³-hybridized carbons (Fsp3) is 0.312. The number of hydrogen-bond donors (Lipinski definition) is 1. The summed E-state index contributed by atoms with van der Waals surface area (Å²) in [6.45, 7) is 2.50. The minimum Gasteiger partial charge on any atom is -0.487 e. The van der Waals surface area contributed by atoms with Crippen molar-refractivity contribution in [1.82, 2.24) is 10.3 Å². The molecule has 1 N–H and O–H groups in total. The van der Waals surface area contributed by atoms with Gasteiger partial charge in [-0.05, 0) is 32.2 Å². The molecule has 1 heterocycles. The topological polar surface area (TPSA) is 43.4 Å². The molecule has 1 aromatic carbocycles. The number of nitrogens with zero attached hydrogens (tertiary/aromatic N) is 1. The van der Waals surface area contributed by atoms with E-state index in [1.54, 1.807) is 7.11 Å². The molecule has 0 spiro atoms. The first-order chi connectivity index (χ1) is 10.1. The van der Waals surface area contributed by atoms with E-state index in [1.807, 2.05) is 37.4 Å². The standard InChI is InChI=1S/C16H19BrN2O2/c1-11(18-2)14-8-7-12(17)9-15(14)21-10-13-5-4-6-16(19-13)20-3/h4-9,11,18H,10H2,1-3H3. The first-order valence-corrected chi connectivity index (χ1v) is 7.52. The van der Waals surface area contributed by atoms with E-state index in [1.165, 1.54) is 0 Å².